The molecule has 3 heterocycles. The Morgan fingerprint density at radius 1 is 1.30 bits per heavy atom. The fourth-order valence-electron chi connectivity index (χ4n) is 2.89. The van der Waals surface area contributed by atoms with E-state index in [0.717, 1.165) is 36.5 Å². The van der Waals surface area contributed by atoms with E-state index in [-0.39, 0.29) is 5.91 Å². The quantitative estimate of drug-likeness (QED) is 0.466. The summed E-state index contributed by atoms with van der Waals surface area (Å²) in [5.74, 6) is 8.08. The van der Waals surface area contributed by atoms with Crippen LogP contribution in [0, 0.1) is 11.8 Å². The molecule has 0 radical (unpaired) electrons. The molecule has 1 aliphatic carbocycles. The van der Waals surface area contributed by atoms with Crippen LogP contribution < -0.4 is 10.6 Å². The van der Waals surface area contributed by atoms with Gasteiger partial charge in [0.15, 0.2) is 0 Å². The zero-order valence-electron chi connectivity index (χ0n) is 15.1. The fraction of sp³-hybridized carbons (Fsp3) is 0.474. The molecule has 0 aromatic carbocycles. The van der Waals surface area contributed by atoms with Crippen molar-refractivity contribution in [3.63, 3.8) is 0 Å². The lowest BCUT2D eigenvalue weighted by Gasteiger charge is -2.27. The third-order valence-corrected chi connectivity index (χ3v) is 6.21. The molecule has 1 saturated heterocycles. The second-order valence-corrected chi connectivity index (χ2v) is 8.30. The average molecular weight is 383 g/mol. The first-order valence-electron chi connectivity index (χ1n) is 9.06. The number of hydrogen-bond donors (Lipinski definition) is 2. The first-order valence-corrected chi connectivity index (χ1v) is 10.0. The molecule has 2 fully saturated rings. The Labute approximate surface area is 162 Å². The smallest absolute Gasteiger partial charge is 0.322 e. The highest BCUT2D eigenvalue weighted by atomic mass is 32.2. The molecule has 0 bridgehead atoms. The number of rotatable bonds is 4. The van der Waals surface area contributed by atoms with E-state index < -0.39 is 11.6 Å². The zero-order chi connectivity index (χ0) is 18.9. The predicted octanol–water partition coefficient (Wildman–Crippen LogP) is 1.58. The van der Waals surface area contributed by atoms with Crippen LogP contribution in [0.25, 0.3) is 0 Å². The van der Waals surface area contributed by atoms with Crippen LogP contribution in [-0.2, 0) is 4.79 Å². The van der Waals surface area contributed by atoms with Crippen LogP contribution in [0.3, 0.4) is 0 Å². The fourth-order valence-corrected chi connectivity index (χ4v) is 3.93. The van der Waals surface area contributed by atoms with Crippen molar-refractivity contribution in [2.45, 2.75) is 37.6 Å². The molecule has 7 nitrogen and oxygen atoms in total. The Morgan fingerprint density at radius 3 is 2.67 bits per heavy atom. The van der Waals surface area contributed by atoms with Crippen LogP contribution in [0.15, 0.2) is 24.0 Å². The minimum Gasteiger partial charge on any atom is -0.323 e. The Bertz CT molecular complexity index is 853. The maximum absolute atomic E-state index is 11.8. The lowest BCUT2D eigenvalue weighted by molar-refractivity contribution is -0.122. The van der Waals surface area contributed by atoms with Gasteiger partial charge in [-0.05, 0) is 26.2 Å². The van der Waals surface area contributed by atoms with Gasteiger partial charge >= 0.3 is 6.03 Å². The van der Waals surface area contributed by atoms with E-state index in [1.54, 1.807) is 31.3 Å². The molecule has 4 rings (SSSR count). The van der Waals surface area contributed by atoms with Gasteiger partial charge in [0, 0.05) is 42.7 Å². The van der Waals surface area contributed by atoms with Crippen molar-refractivity contribution in [3.05, 3.63) is 35.4 Å². The van der Waals surface area contributed by atoms with Gasteiger partial charge in [0.1, 0.15) is 11.4 Å². The monoisotopic (exact) mass is 383 g/mol. The second-order valence-electron chi connectivity index (χ2n) is 7.24. The SMILES string of the molecule is C[C@]1(CSN2CC=C(C#Cc3cnc(C4CC4)nc3)CC2)NC(=O)NC1=O. The third-order valence-electron chi connectivity index (χ3n) is 4.81. The Morgan fingerprint density at radius 2 is 2.07 bits per heavy atom. The molecule has 2 aliphatic heterocycles. The molecule has 27 heavy (non-hydrogen) atoms. The van der Waals surface area contributed by atoms with Gasteiger partial charge in [0.2, 0.25) is 0 Å². The number of nitrogens with zero attached hydrogens (tertiary/aromatic N) is 3. The number of amides is 3. The lowest BCUT2D eigenvalue weighted by atomic mass is 10.1. The van der Waals surface area contributed by atoms with E-state index >= 15 is 0 Å². The molecular weight excluding hydrogens is 362 g/mol. The number of aromatic nitrogens is 2. The van der Waals surface area contributed by atoms with Crippen LogP contribution in [0.5, 0.6) is 0 Å². The lowest BCUT2D eigenvalue weighted by Crippen LogP contribution is -2.47. The minimum atomic E-state index is -0.849. The van der Waals surface area contributed by atoms with Crippen LogP contribution >= 0.6 is 11.9 Å². The largest absolute Gasteiger partial charge is 0.323 e. The summed E-state index contributed by atoms with van der Waals surface area (Å²) in [6.45, 7) is 3.36. The summed E-state index contributed by atoms with van der Waals surface area (Å²) in [5, 5.41) is 4.97. The summed E-state index contributed by atoms with van der Waals surface area (Å²) < 4.78 is 2.18. The number of nitrogens with one attached hydrogen (secondary N) is 2. The first kappa shape index (κ1) is 18.0. The van der Waals surface area contributed by atoms with Crippen LogP contribution in [0.1, 0.15) is 43.5 Å². The summed E-state index contributed by atoms with van der Waals surface area (Å²) in [5.41, 5.74) is 1.10. The van der Waals surface area contributed by atoms with Crippen molar-refractivity contribution in [2.24, 2.45) is 0 Å². The molecule has 3 amide bonds. The van der Waals surface area contributed by atoms with E-state index in [1.165, 1.54) is 12.8 Å². The maximum Gasteiger partial charge on any atom is 0.322 e. The second kappa shape index (κ2) is 7.33. The highest BCUT2D eigenvalue weighted by Crippen LogP contribution is 2.37. The predicted molar refractivity (Wildman–Crippen MR) is 103 cm³/mol. The van der Waals surface area contributed by atoms with Crippen molar-refractivity contribution < 1.29 is 9.59 Å². The summed E-state index contributed by atoms with van der Waals surface area (Å²) in [7, 11) is 0. The van der Waals surface area contributed by atoms with Crippen LogP contribution in [-0.4, -0.2) is 50.6 Å². The molecule has 1 saturated carbocycles. The molecule has 2 N–H and O–H groups in total. The highest BCUT2D eigenvalue weighted by molar-refractivity contribution is 7.97. The number of carbonyl (C=O) groups is 2. The molecule has 0 unspecified atom stereocenters. The van der Waals surface area contributed by atoms with E-state index in [4.69, 9.17) is 0 Å². The van der Waals surface area contributed by atoms with Gasteiger partial charge in [-0.3, -0.25) is 10.1 Å². The highest BCUT2D eigenvalue weighted by Gasteiger charge is 2.42. The molecular formula is C19H21N5O2S. The number of urea groups is 1. The standard InChI is InChI=1S/C19H21N5O2S/c1-19(17(25)22-18(26)23-19)12-27-24-8-6-13(7-9-24)2-3-14-10-20-16(21-11-14)15-4-5-15/h6,10-11,15H,4-5,7-9,12H2,1H3,(H2,22,23,25,26)/t19-/m1/s1. The van der Waals surface area contributed by atoms with Gasteiger partial charge in [0.05, 0.1) is 5.56 Å². The Balaban J connectivity index is 1.28. The Kier molecular flexibility index (Phi) is 4.89. The van der Waals surface area contributed by atoms with E-state index in [2.05, 4.69) is 42.8 Å². The van der Waals surface area contributed by atoms with E-state index in [1.807, 2.05) is 0 Å². The molecule has 140 valence electrons. The summed E-state index contributed by atoms with van der Waals surface area (Å²) in [6.07, 6.45) is 8.97. The van der Waals surface area contributed by atoms with Gasteiger partial charge in [-0.2, -0.15) is 0 Å². The van der Waals surface area contributed by atoms with Crippen molar-refractivity contribution in [1.82, 2.24) is 24.9 Å². The molecule has 3 aliphatic rings. The number of imide groups is 1. The van der Waals surface area contributed by atoms with Crippen molar-refractivity contribution >= 4 is 23.9 Å². The van der Waals surface area contributed by atoms with Gasteiger partial charge in [-0.1, -0.05) is 29.9 Å². The normalized spacial score (nSPS) is 25.3. The summed E-state index contributed by atoms with van der Waals surface area (Å²) in [6, 6.07) is -0.423. The topological polar surface area (TPSA) is 87.2 Å². The van der Waals surface area contributed by atoms with Gasteiger partial charge in [0.25, 0.3) is 5.91 Å². The third kappa shape index (κ3) is 4.31. The summed E-state index contributed by atoms with van der Waals surface area (Å²) >= 11 is 1.57. The summed E-state index contributed by atoms with van der Waals surface area (Å²) in [4.78, 5) is 31.9. The van der Waals surface area contributed by atoms with E-state index in [9.17, 15) is 9.59 Å². The van der Waals surface area contributed by atoms with Gasteiger partial charge in [-0.15, -0.1) is 0 Å². The van der Waals surface area contributed by atoms with Crippen molar-refractivity contribution in [2.75, 3.05) is 18.8 Å². The van der Waals surface area contributed by atoms with Crippen molar-refractivity contribution in [3.8, 4) is 11.8 Å². The van der Waals surface area contributed by atoms with Crippen LogP contribution in [0.2, 0.25) is 0 Å². The minimum absolute atomic E-state index is 0.269. The maximum atomic E-state index is 11.8. The van der Waals surface area contributed by atoms with Crippen LogP contribution in [0.4, 0.5) is 4.79 Å². The molecule has 8 heteroatoms. The molecule has 1 aromatic heterocycles. The Hall–Kier alpha value is -2.37. The first-order chi connectivity index (χ1) is 13.0. The average Bonchev–Trinajstić information content (AvgIpc) is 3.47. The molecule has 0 spiro atoms. The van der Waals surface area contributed by atoms with E-state index in [0.29, 0.717) is 11.7 Å². The molecule has 1 aromatic rings. The number of hydrogen-bond acceptors (Lipinski definition) is 6. The van der Waals surface area contributed by atoms with Gasteiger partial charge in [-0.25, -0.2) is 19.1 Å². The van der Waals surface area contributed by atoms with Gasteiger partial charge < -0.3 is 5.32 Å². The molecule has 1 atom stereocenters. The van der Waals surface area contributed by atoms with Crippen molar-refractivity contribution in [1.29, 1.82) is 0 Å². The zero-order valence-corrected chi connectivity index (χ0v) is 15.9. The number of carbonyl (C=O) groups excluding carboxylic acids is 2.